The summed E-state index contributed by atoms with van der Waals surface area (Å²) in [5.74, 6) is -1.51. The number of fused-ring (bicyclic) bond motifs is 3. The first-order chi connectivity index (χ1) is 10.6. The predicted molar refractivity (Wildman–Crippen MR) is 76.6 cm³/mol. The fourth-order valence-electron chi connectivity index (χ4n) is 2.96. The molecule has 0 unspecified atom stereocenters. The molecule has 1 aromatic heterocycles. The number of aromatic nitrogens is 1. The summed E-state index contributed by atoms with van der Waals surface area (Å²) < 4.78 is 18.7. The standard InChI is InChI=1S/C16H11FN2O3/c17-9-2-3-10-8(7-9)1-5-12-14(10)15(19-22-12)11-4-6-13(20)18-16(11)21/h1-3,5,7,11H,4,6H2,(H,18,20,21)/t11-/m1/s1. The summed E-state index contributed by atoms with van der Waals surface area (Å²) in [6, 6.07) is 7.90. The van der Waals surface area contributed by atoms with Crippen molar-refractivity contribution in [2.24, 2.45) is 0 Å². The number of hydrogen-bond donors (Lipinski definition) is 1. The Bertz CT molecular complexity index is 932. The maximum absolute atomic E-state index is 13.4. The second-order valence-electron chi connectivity index (χ2n) is 5.38. The maximum Gasteiger partial charge on any atom is 0.235 e. The molecule has 1 aliphatic rings. The zero-order valence-electron chi connectivity index (χ0n) is 11.4. The minimum absolute atomic E-state index is 0.268. The van der Waals surface area contributed by atoms with Gasteiger partial charge in [0.1, 0.15) is 11.5 Å². The summed E-state index contributed by atoms with van der Waals surface area (Å²) in [6.07, 6.45) is 0.661. The van der Waals surface area contributed by atoms with Gasteiger partial charge in [0.25, 0.3) is 0 Å². The van der Waals surface area contributed by atoms with Crippen LogP contribution in [0.3, 0.4) is 0 Å². The third-order valence-electron chi connectivity index (χ3n) is 4.01. The van der Waals surface area contributed by atoms with Crippen LogP contribution in [-0.4, -0.2) is 17.0 Å². The number of nitrogens with zero attached hydrogens (tertiary/aromatic N) is 1. The molecule has 5 nitrogen and oxygen atoms in total. The van der Waals surface area contributed by atoms with Gasteiger partial charge in [0.2, 0.25) is 11.8 Å². The third kappa shape index (κ3) is 1.88. The van der Waals surface area contributed by atoms with Crippen molar-refractivity contribution in [3.05, 3.63) is 41.8 Å². The predicted octanol–water partition coefficient (Wildman–Crippen LogP) is 2.64. The lowest BCUT2D eigenvalue weighted by molar-refractivity contribution is -0.134. The molecular weight excluding hydrogens is 287 g/mol. The van der Waals surface area contributed by atoms with Gasteiger partial charge in [0.15, 0.2) is 5.58 Å². The Kier molecular flexibility index (Phi) is 2.72. The molecule has 1 saturated heterocycles. The molecular formula is C16H11FN2O3. The van der Waals surface area contributed by atoms with Crippen LogP contribution in [0.15, 0.2) is 34.9 Å². The average Bonchev–Trinajstić information content (AvgIpc) is 2.91. The van der Waals surface area contributed by atoms with E-state index in [9.17, 15) is 14.0 Å². The van der Waals surface area contributed by atoms with Crippen molar-refractivity contribution in [1.82, 2.24) is 10.5 Å². The Labute approximate surface area is 124 Å². The van der Waals surface area contributed by atoms with E-state index in [0.717, 1.165) is 5.39 Å². The van der Waals surface area contributed by atoms with Crippen LogP contribution in [0.5, 0.6) is 0 Å². The molecule has 2 aromatic carbocycles. The highest BCUT2D eigenvalue weighted by atomic mass is 19.1. The molecule has 0 radical (unpaired) electrons. The number of halogens is 1. The Morgan fingerprint density at radius 1 is 1.23 bits per heavy atom. The number of rotatable bonds is 1. The number of nitrogens with one attached hydrogen (secondary N) is 1. The van der Waals surface area contributed by atoms with Crippen LogP contribution in [0, 0.1) is 5.82 Å². The van der Waals surface area contributed by atoms with Crippen LogP contribution < -0.4 is 5.32 Å². The van der Waals surface area contributed by atoms with Crippen LogP contribution in [0.1, 0.15) is 24.5 Å². The molecule has 6 heteroatoms. The summed E-state index contributed by atoms with van der Waals surface area (Å²) in [5.41, 5.74) is 1.04. The SMILES string of the molecule is O=C1CC[C@H](c2noc3ccc4cc(F)ccc4c23)C(=O)N1. The molecule has 1 fully saturated rings. The van der Waals surface area contributed by atoms with E-state index in [0.29, 0.717) is 28.5 Å². The van der Waals surface area contributed by atoms with Gasteiger partial charge in [-0.25, -0.2) is 4.39 Å². The fourth-order valence-corrected chi connectivity index (χ4v) is 2.96. The lowest BCUT2D eigenvalue weighted by atomic mass is 9.91. The molecule has 1 N–H and O–H groups in total. The first-order valence-electron chi connectivity index (χ1n) is 6.95. The molecule has 110 valence electrons. The van der Waals surface area contributed by atoms with E-state index in [1.54, 1.807) is 18.2 Å². The Balaban J connectivity index is 1.95. The van der Waals surface area contributed by atoms with E-state index in [-0.39, 0.29) is 24.1 Å². The fraction of sp³-hybridized carbons (Fsp3) is 0.188. The number of carbonyl (C=O) groups is 2. The van der Waals surface area contributed by atoms with Crippen molar-refractivity contribution >= 4 is 33.6 Å². The maximum atomic E-state index is 13.4. The Morgan fingerprint density at radius 3 is 2.91 bits per heavy atom. The second kappa shape index (κ2) is 4.62. The van der Waals surface area contributed by atoms with Gasteiger partial charge in [-0.3, -0.25) is 14.9 Å². The number of imide groups is 1. The highest BCUT2D eigenvalue weighted by molar-refractivity contribution is 6.09. The van der Waals surface area contributed by atoms with Gasteiger partial charge in [-0.05, 0) is 35.4 Å². The largest absolute Gasteiger partial charge is 0.356 e. The number of hydrogen-bond acceptors (Lipinski definition) is 4. The number of amides is 2. The topological polar surface area (TPSA) is 72.2 Å². The molecule has 1 atom stereocenters. The van der Waals surface area contributed by atoms with Gasteiger partial charge in [-0.15, -0.1) is 0 Å². The molecule has 0 spiro atoms. The first kappa shape index (κ1) is 12.9. The van der Waals surface area contributed by atoms with Crippen LogP contribution >= 0.6 is 0 Å². The average molecular weight is 298 g/mol. The number of piperidine rings is 1. The van der Waals surface area contributed by atoms with Crippen molar-refractivity contribution in [3.8, 4) is 0 Å². The Hall–Kier alpha value is -2.76. The highest BCUT2D eigenvalue weighted by Gasteiger charge is 2.32. The zero-order valence-corrected chi connectivity index (χ0v) is 11.4. The van der Waals surface area contributed by atoms with Crippen LogP contribution in [0.2, 0.25) is 0 Å². The van der Waals surface area contributed by atoms with Gasteiger partial charge >= 0.3 is 0 Å². The summed E-state index contributed by atoms with van der Waals surface area (Å²) in [4.78, 5) is 23.3. The number of carbonyl (C=O) groups excluding carboxylic acids is 2. The lowest BCUT2D eigenvalue weighted by Gasteiger charge is -2.19. The van der Waals surface area contributed by atoms with E-state index in [1.165, 1.54) is 12.1 Å². The molecule has 2 amide bonds. The van der Waals surface area contributed by atoms with Crippen molar-refractivity contribution < 1.29 is 18.5 Å². The van der Waals surface area contributed by atoms with E-state index in [2.05, 4.69) is 10.5 Å². The van der Waals surface area contributed by atoms with Gasteiger partial charge in [0, 0.05) is 6.42 Å². The second-order valence-corrected chi connectivity index (χ2v) is 5.38. The summed E-state index contributed by atoms with van der Waals surface area (Å²) >= 11 is 0. The van der Waals surface area contributed by atoms with E-state index in [1.807, 2.05) is 0 Å². The third-order valence-corrected chi connectivity index (χ3v) is 4.01. The van der Waals surface area contributed by atoms with Crippen molar-refractivity contribution in [2.45, 2.75) is 18.8 Å². The molecule has 0 bridgehead atoms. The van der Waals surface area contributed by atoms with Gasteiger partial charge in [-0.2, -0.15) is 0 Å². The van der Waals surface area contributed by atoms with E-state index < -0.39 is 5.92 Å². The smallest absolute Gasteiger partial charge is 0.235 e. The lowest BCUT2D eigenvalue weighted by Crippen LogP contribution is -2.39. The molecule has 22 heavy (non-hydrogen) atoms. The molecule has 4 rings (SSSR count). The minimum Gasteiger partial charge on any atom is -0.356 e. The van der Waals surface area contributed by atoms with E-state index in [4.69, 9.17) is 4.52 Å². The Morgan fingerprint density at radius 2 is 2.09 bits per heavy atom. The molecule has 3 aromatic rings. The molecule has 0 saturated carbocycles. The van der Waals surface area contributed by atoms with E-state index >= 15 is 0 Å². The van der Waals surface area contributed by atoms with Crippen molar-refractivity contribution in [3.63, 3.8) is 0 Å². The van der Waals surface area contributed by atoms with Gasteiger partial charge in [0.05, 0.1) is 11.3 Å². The normalized spacial score (nSPS) is 18.9. The number of benzene rings is 2. The first-order valence-corrected chi connectivity index (χ1v) is 6.95. The van der Waals surface area contributed by atoms with Crippen molar-refractivity contribution in [1.29, 1.82) is 0 Å². The van der Waals surface area contributed by atoms with Gasteiger partial charge < -0.3 is 4.52 Å². The summed E-state index contributed by atoms with van der Waals surface area (Å²) in [7, 11) is 0. The van der Waals surface area contributed by atoms with Crippen molar-refractivity contribution in [2.75, 3.05) is 0 Å². The highest BCUT2D eigenvalue weighted by Crippen LogP contribution is 2.35. The zero-order chi connectivity index (χ0) is 15.3. The molecule has 0 aliphatic carbocycles. The summed E-state index contributed by atoms with van der Waals surface area (Å²) in [5, 5.41) is 8.54. The van der Waals surface area contributed by atoms with Crippen LogP contribution in [-0.2, 0) is 9.59 Å². The quantitative estimate of drug-likeness (QED) is 0.701. The van der Waals surface area contributed by atoms with Crippen LogP contribution in [0.4, 0.5) is 4.39 Å². The molecule has 2 heterocycles. The van der Waals surface area contributed by atoms with Crippen LogP contribution in [0.25, 0.3) is 21.7 Å². The van der Waals surface area contributed by atoms with Gasteiger partial charge in [-0.1, -0.05) is 17.3 Å². The molecule has 1 aliphatic heterocycles. The monoisotopic (exact) mass is 298 g/mol. The minimum atomic E-state index is -0.533. The summed E-state index contributed by atoms with van der Waals surface area (Å²) in [6.45, 7) is 0.